The summed E-state index contributed by atoms with van der Waals surface area (Å²) < 4.78 is 0. The number of anilines is 3. The van der Waals surface area contributed by atoms with Crippen LogP contribution in [0, 0.1) is 0 Å². The number of fused-ring (bicyclic) bond motifs is 4. The molecule has 0 fully saturated rings. The quantitative estimate of drug-likeness (QED) is 0.164. The van der Waals surface area contributed by atoms with E-state index < -0.39 is 0 Å². The SMILES string of the molecule is CC(C)(C)c1cc(C(C)(C)C)c2c(c1)C(C)(C)c1cccc(-c3ccccc3N(c3ccc(-c4cccc5ccccc45)cc3)c3cccc(-c4ccccc4)c3)c1-2. The van der Waals surface area contributed by atoms with Gasteiger partial charge >= 0.3 is 0 Å². The van der Waals surface area contributed by atoms with E-state index in [1.165, 1.54) is 77.5 Å². The van der Waals surface area contributed by atoms with Crippen molar-refractivity contribution >= 4 is 27.8 Å². The molecule has 0 radical (unpaired) electrons. The monoisotopic (exact) mass is 751 g/mol. The van der Waals surface area contributed by atoms with Gasteiger partial charge < -0.3 is 4.90 Å². The van der Waals surface area contributed by atoms with Gasteiger partial charge in [-0.1, -0.05) is 201 Å². The van der Waals surface area contributed by atoms with Gasteiger partial charge in [0, 0.05) is 22.4 Å². The zero-order chi connectivity index (χ0) is 40.4. The number of hydrogen-bond acceptors (Lipinski definition) is 1. The summed E-state index contributed by atoms with van der Waals surface area (Å²) in [6, 6.07) is 65.2. The van der Waals surface area contributed by atoms with Crippen molar-refractivity contribution < 1.29 is 0 Å². The molecule has 0 heterocycles. The minimum Gasteiger partial charge on any atom is -0.310 e. The number of nitrogens with zero attached hydrogens (tertiary/aromatic N) is 1. The van der Waals surface area contributed by atoms with Crippen molar-refractivity contribution in [2.24, 2.45) is 0 Å². The molecule has 0 atom stereocenters. The lowest BCUT2D eigenvalue weighted by Gasteiger charge is -2.31. The molecule has 0 aromatic heterocycles. The Hall–Kier alpha value is -6.18. The fourth-order valence-corrected chi connectivity index (χ4v) is 9.19. The van der Waals surface area contributed by atoms with Crippen LogP contribution in [0.3, 0.4) is 0 Å². The Morgan fingerprint density at radius 2 is 1.03 bits per heavy atom. The first kappa shape index (κ1) is 37.4. The van der Waals surface area contributed by atoms with E-state index in [2.05, 4.69) is 236 Å². The van der Waals surface area contributed by atoms with Gasteiger partial charge in [-0.2, -0.15) is 0 Å². The first-order valence-corrected chi connectivity index (χ1v) is 20.8. The Balaban J connectivity index is 1.27. The topological polar surface area (TPSA) is 3.24 Å². The maximum Gasteiger partial charge on any atom is 0.0540 e. The lowest BCUT2D eigenvalue weighted by Crippen LogP contribution is -2.21. The fourth-order valence-electron chi connectivity index (χ4n) is 9.19. The van der Waals surface area contributed by atoms with Gasteiger partial charge in [-0.15, -0.1) is 0 Å². The van der Waals surface area contributed by atoms with Crippen molar-refractivity contribution in [3.05, 3.63) is 198 Å². The average Bonchev–Trinajstić information content (AvgIpc) is 3.46. The summed E-state index contributed by atoms with van der Waals surface area (Å²) in [6.45, 7) is 19.0. The Kier molecular flexibility index (Phi) is 9.05. The predicted octanol–water partition coefficient (Wildman–Crippen LogP) is 16.2. The third kappa shape index (κ3) is 6.44. The summed E-state index contributed by atoms with van der Waals surface area (Å²) in [7, 11) is 0. The Bertz CT molecular complexity index is 2800. The summed E-state index contributed by atoms with van der Waals surface area (Å²) in [4.78, 5) is 2.46. The van der Waals surface area contributed by atoms with Crippen molar-refractivity contribution in [1.82, 2.24) is 0 Å². The fraction of sp³-hybridized carbons (Fsp3) is 0.193. The van der Waals surface area contributed by atoms with Crippen LogP contribution < -0.4 is 4.90 Å². The highest BCUT2D eigenvalue weighted by atomic mass is 15.1. The van der Waals surface area contributed by atoms with Crippen LogP contribution in [0.4, 0.5) is 17.1 Å². The maximum atomic E-state index is 2.51. The molecule has 1 aliphatic carbocycles. The summed E-state index contributed by atoms with van der Waals surface area (Å²) in [5.74, 6) is 0. The van der Waals surface area contributed by atoms with E-state index in [9.17, 15) is 0 Å². The van der Waals surface area contributed by atoms with E-state index in [0.717, 1.165) is 17.1 Å². The Labute approximate surface area is 345 Å². The van der Waals surface area contributed by atoms with Gasteiger partial charge in [0.15, 0.2) is 0 Å². The molecule has 8 aromatic carbocycles. The molecule has 286 valence electrons. The lowest BCUT2D eigenvalue weighted by atomic mass is 9.74. The third-order valence-corrected chi connectivity index (χ3v) is 12.3. The maximum absolute atomic E-state index is 2.51. The van der Waals surface area contributed by atoms with E-state index in [0.29, 0.717) is 0 Å². The molecule has 1 aliphatic rings. The smallest absolute Gasteiger partial charge is 0.0540 e. The van der Waals surface area contributed by atoms with Gasteiger partial charge in [0.05, 0.1) is 5.69 Å². The van der Waals surface area contributed by atoms with Crippen LogP contribution in [0.25, 0.3) is 55.3 Å². The molecule has 8 aromatic rings. The second-order valence-corrected chi connectivity index (χ2v) is 18.6. The molecule has 58 heavy (non-hydrogen) atoms. The average molecular weight is 752 g/mol. The zero-order valence-corrected chi connectivity index (χ0v) is 35.2. The minimum atomic E-state index is -0.155. The van der Waals surface area contributed by atoms with E-state index >= 15 is 0 Å². The van der Waals surface area contributed by atoms with Crippen LogP contribution in [0.5, 0.6) is 0 Å². The molecule has 0 unspecified atom stereocenters. The highest BCUT2D eigenvalue weighted by Gasteiger charge is 2.41. The molecule has 0 saturated carbocycles. The van der Waals surface area contributed by atoms with Crippen LogP contribution in [0.1, 0.15) is 77.6 Å². The molecule has 0 saturated heterocycles. The number of para-hydroxylation sites is 1. The number of rotatable bonds is 6. The third-order valence-electron chi connectivity index (χ3n) is 12.3. The first-order valence-electron chi connectivity index (χ1n) is 20.8. The van der Waals surface area contributed by atoms with Crippen LogP contribution in [0.2, 0.25) is 0 Å². The van der Waals surface area contributed by atoms with E-state index in [-0.39, 0.29) is 16.2 Å². The van der Waals surface area contributed by atoms with Crippen LogP contribution in [-0.2, 0) is 16.2 Å². The lowest BCUT2D eigenvalue weighted by molar-refractivity contribution is 0.564. The highest BCUT2D eigenvalue weighted by Crippen LogP contribution is 2.57. The van der Waals surface area contributed by atoms with Gasteiger partial charge in [0.25, 0.3) is 0 Å². The molecule has 0 N–H and O–H groups in total. The van der Waals surface area contributed by atoms with E-state index in [1.807, 2.05) is 0 Å². The number of benzene rings is 8. The van der Waals surface area contributed by atoms with Gasteiger partial charge in [0.2, 0.25) is 0 Å². The Morgan fingerprint density at radius 3 is 1.79 bits per heavy atom. The van der Waals surface area contributed by atoms with Gasteiger partial charge in [-0.05, 0) is 113 Å². The van der Waals surface area contributed by atoms with E-state index in [4.69, 9.17) is 0 Å². The van der Waals surface area contributed by atoms with Crippen molar-refractivity contribution in [2.75, 3.05) is 4.90 Å². The normalized spacial score (nSPS) is 13.3. The van der Waals surface area contributed by atoms with Crippen LogP contribution in [-0.4, -0.2) is 0 Å². The molecule has 9 rings (SSSR count). The molecule has 0 bridgehead atoms. The summed E-state index contributed by atoms with van der Waals surface area (Å²) >= 11 is 0. The second kappa shape index (κ2) is 14.0. The second-order valence-electron chi connectivity index (χ2n) is 18.6. The van der Waals surface area contributed by atoms with Gasteiger partial charge in [0.1, 0.15) is 0 Å². The van der Waals surface area contributed by atoms with Gasteiger partial charge in [-0.3, -0.25) is 0 Å². The standard InChI is InChI=1S/C57H53N/c1-55(2,3)42-36-50(56(4,5)6)54-51(37-42)57(7,8)49-29-18-28-48(53(49)54)47-26-14-15-30-52(47)58(44-24-16-23-41(35-44)38-19-10-9-11-20-38)43-33-31-40(32-34-43)46-27-17-22-39-21-12-13-25-45(39)46/h9-37H,1-8H3. The summed E-state index contributed by atoms with van der Waals surface area (Å²) in [5.41, 5.74) is 18.9. The van der Waals surface area contributed by atoms with Gasteiger partial charge in [-0.25, -0.2) is 0 Å². The minimum absolute atomic E-state index is 0.0350. The summed E-state index contributed by atoms with van der Waals surface area (Å²) in [5, 5.41) is 2.52. The molecule has 1 nitrogen and oxygen atoms in total. The Morgan fingerprint density at radius 1 is 0.414 bits per heavy atom. The molecular formula is C57H53N. The predicted molar refractivity (Wildman–Crippen MR) is 250 cm³/mol. The molecular weight excluding hydrogens is 699 g/mol. The molecule has 0 spiro atoms. The highest BCUT2D eigenvalue weighted by molar-refractivity contribution is 6.00. The zero-order valence-electron chi connectivity index (χ0n) is 35.2. The van der Waals surface area contributed by atoms with E-state index in [1.54, 1.807) is 0 Å². The van der Waals surface area contributed by atoms with Crippen molar-refractivity contribution in [3.8, 4) is 44.5 Å². The molecule has 0 aliphatic heterocycles. The van der Waals surface area contributed by atoms with Crippen molar-refractivity contribution in [2.45, 2.75) is 71.6 Å². The molecule has 1 heteroatoms. The van der Waals surface area contributed by atoms with Crippen LogP contribution >= 0.6 is 0 Å². The molecule has 0 amide bonds. The van der Waals surface area contributed by atoms with Crippen molar-refractivity contribution in [1.29, 1.82) is 0 Å². The van der Waals surface area contributed by atoms with Crippen LogP contribution in [0.15, 0.2) is 176 Å². The van der Waals surface area contributed by atoms with Crippen molar-refractivity contribution in [3.63, 3.8) is 0 Å². The largest absolute Gasteiger partial charge is 0.310 e. The summed E-state index contributed by atoms with van der Waals surface area (Å²) in [6.07, 6.45) is 0. The first-order chi connectivity index (χ1) is 27.8. The number of hydrogen-bond donors (Lipinski definition) is 0.